The molecule has 0 bridgehead atoms. The summed E-state index contributed by atoms with van der Waals surface area (Å²) in [7, 11) is 0. The zero-order valence-corrected chi connectivity index (χ0v) is 12.0. The van der Waals surface area contributed by atoms with Crippen molar-refractivity contribution < 1.29 is 79.0 Å². The SMILES string of the molecule is FC(F)(F)C(F)(F)C(F)(F)/C=C/C(F)(F)C(F)(F)C(F)(C(F)(F)F)C(F)(F)F. The molecule has 0 aromatic heterocycles. The Hall–Kier alpha value is -1.52. The highest BCUT2D eigenvalue weighted by atomic mass is 19.4. The van der Waals surface area contributed by atoms with Gasteiger partial charge in [-0.25, -0.2) is 4.39 Å². The number of hydrogen-bond acceptors (Lipinski definition) is 0. The van der Waals surface area contributed by atoms with Crippen LogP contribution in [0.2, 0.25) is 0 Å². The van der Waals surface area contributed by atoms with Crippen LogP contribution in [-0.4, -0.2) is 47.9 Å². The van der Waals surface area contributed by atoms with Crippen molar-refractivity contribution in [3.05, 3.63) is 12.2 Å². The van der Waals surface area contributed by atoms with Crippen LogP contribution in [0.4, 0.5) is 79.0 Å². The number of rotatable bonds is 5. The monoisotopic (exact) mass is 464 g/mol. The predicted octanol–water partition coefficient (Wildman–Crippen LogP) is 6.48. The lowest BCUT2D eigenvalue weighted by molar-refractivity contribution is -0.420. The summed E-state index contributed by atoms with van der Waals surface area (Å²) in [6, 6.07) is 0. The maximum absolute atomic E-state index is 13.1. The zero-order chi connectivity index (χ0) is 23.4. The van der Waals surface area contributed by atoms with E-state index < -0.39 is 60.0 Å². The van der Waals surface area contributed by atoms with Gasteiger partial charge in [0.15, 0.2) is 0 Å². The first-order valence-electron chi connectivity index (χ1n) is 5.81. The van der Waals surface area contributed by atoms with Crippen LogP contribution in [0.5, 0.6) is 0 Å². The van der Waals surface area contributed by atoms with Crippen LogP contribution < -0.4 is 0 Å². The van der Waals surface area contributed by atoms with Crippen LogP contribution in [-0.2, 0) is 0 Å². The molecule has 0 aliphatic carbocycles. The topological polar surface area (TPSA) is 0 Å². The molecule has 0 saturated carbocycles. The average Bonchev–Trinajstić information content (AvgIpc) is 2.40. The molecule has 0 aliphatic rings. The van der Waals surface area contributed by atoms with Crippen LogP contribution in [0.15, 0.2) is 12.2 Å². The maximum Gasteiger partial charge on any atom is 0.460 e. The molecule has 0 nitrogen and oxygen atoms in total. The summed E-state index contributed by atoms with van der Waals surface area (Å²) in [5, 5.41) is 0. The summed E-state index contributed by atoms with van der Waals surface area (Å²) in [5.74, 6) is -29.4. The second-order valence-corrected chi connectivity index (χ2v) is 4.88. The molecule has 0 N–H and O–H groups in total. The van der Waals surface area contributed by atoms with E-state index in [2.05, 4.69) is 0 Å². The van der Waals surface area contributed by atoms with Gasteiger partial charge >= 0.3 is 47.9 Å². The minimum absolute atomic E-state index is 2.42. The fraction of sp³-hybridized carbons (Fsp3) is 0.800. The van der Waals surface area contributed by atoms with Crippen molar-refractivity contribution in [2.24, 2.45) is 0 Å². The van der Waals surface area contributed by atoms with Gasteiger partial charge in [0.05, 0.1) is 0 Å². The smallest absolute Gasteiger partial charge is 0.216 e. The molecule has 0 aliphatic heterocycles. The van der Waals surface area contributed by atoms with Gasteiger partial charge in [-0.15, -0.1) is 0 Å². The van der Waals surface area contributed by atoms with E-state index in [1.54, 1.807) is 0 Å². The van der Waals surface area contributed by atoms with Crippen molar-refractivity contribution in [3.63, 3.8) is 0 Å². The van der Waals surface area contributed by atoms with E-state index in [4.69, 9.17) is 0 Å². The van der Waals surface area contributed by atoms with Gasteiger partial charge in [-0.3, -0.25) is 0 Å². The highest BCUT2D eigenvalue weighted by molar-refractivity contribution is 5.19. The van der Waals surface area contributed by atoms with Gasteiger partial charge < -0.3 is 0 Å². The largest absolute Gasteiger partial charge is 0.460 e. The number of allylic oxidation sites excluding steroid dienone is 2. The quantitative estimate of drug-likeness (QED) is 0.323. The van der Waals surface area contributed by atoms with Crippen LogP contribution >= 0.6 is 0 Å². The van der Waals surface area contributed by atoms with Gasteiger partial charge in [0.2, 0.25) is 0 Å². The Bertz CT molecular complexity index is 569. The summed E-state index contributed by atoms with van der Waals surface area (Å²) >= 11 is 0. The lowest BCUT2D eigenvalue weighted by Crippen LogP contribution is -2.69. The standard InChI is InChI=1S/C10H2F18/c11-3(12,1-2-4(13,14)7(18,19)10(26,27)28)6(16,17)5(15,8(20,21)22)9(23,24)25/h1-2H/b2-1+. The van der Waals surface area contributed by atoms with E-state index >= 15 is 0 Å². The third kappa shape index (κ3) is 3.81. The lowest BCUT2D eigenvalue weighted by Gasteiger charge is -2.38. The molecule has 28 heavy (non-hydrogen) atoms. The summed E-state index contributed by atoms with van der Waals surface area (Å²) < 4.78 is 223. The molecule has 0 aromatic carbocycles. The van der Waals surface area contributed by atoms with Gasteiger partial charge in [0, 0.05) is 0 Å². The first-order valence-corrected chi connectivity index (χ1v) is 5.81. The molecule has 168 valence electrons. The average molecular weight is 464 g/mol. The summed E-state index contributed by atoms with van der Waals surface area (Å²) in [5.41, 5.74) is -8.09. The normalized spacial score (nSPS) is 16.8. The number of halogens is 18. The molecule has 0 radical (unpaired) electrons. The Morgan fingerprint density at radius 3 is 0.786 bits per heavy atom. The molecule has 0 amide bonds. The Morgan fingerprint density at radius 1 is 0.321 bits per heavy atom. The Balaban J connectivity index is 6.43. The molecule has 0 aromatic rings. The molecule has 0 unspecified atom stereocenters. The van der Waals surface area contributed by atoms with Gasteiger partial charge in [-0.2, -0.15) is 74.6 Å². The number of hydrogen-bond donors (Lipinski definition) is 0. The van der Waals surface area contributed by atoms with Crippen LogP contribution in [0, 0.1) is 0 Å². The Labute approximate surface area is 140 Å². The van der Waals surface area contributed by atoms with Crippen LogP contribution in [0.3, 0.4) is 0 Å². The van der Waals surface area contributed by atoms with E-state index in [0.29, 0.717) is 0 Å². The summed E-state index contributed by atoms with van der Waals surface area (Å²) in [6.45, 7) is 0. The molecule has 0 heterocycles. The molecule has 0 spiro atoms. The van der Waals surface area contributed by atoms with Crippen molar-refractivity contribution in [2.75, 3.05) is 0 Å². The third-order valence-electron chi connectivity index (χ3n) is 2.91. The first-order chi connectivity index (χ1) is 11.7. The van der Waals surface area contributed by atoms with E-state index in [0.717, 1.165) is 0 Å². The molecule has 0 saturated heterocycles. The zero-order valence-electron chi connectivity index (χ0n) is 12.0. The van der Waals surface area contributed by atoms with Crippen molar-refractivity contribution in [1.82, 2.24) is 0 Å². The highest BCUT2D eigenvalue weighted by Crippen LogP contribution is 2.59. The van der Waals surface area contributed by atoms with Gasteiger partial charge in [-0.1, -0.05) is 0 Å². The van der Waals surface area contributed by atoms with Gasteiger partial charge in [0.25, 0.3) is 0 Å². The second kappa shape index (κ2) is 6.50. The van der Waals surface area contributed by atoms with E-state index in [9.17, 15) is 79.0 Å². The van der Waals surface area contributed by atoms with Crippen LogP contribution in [0.1, 0.15) is 0 Å². The van der Waals surface area contributed by atoms with Gasteiger partial charge in [-0.05, 0) is 12.2 Å². The van der Waals surface area contributed by atoms with Crippen molar-refractivity contribution >= 4 is 0 Å². The van der Waals surface area contributed by atoms with Crippen LogP contribution in [0.25, 0.3) is 0 Å². The van der Waals surface area contributed by atoms with E-state index in [-0.39, 0.29) is 0 Å². The van der Waals surface area contributed by atoms with Gasteiger partial charge in [0.1, 0.15) is 0 Å². The molecule has 18 heteroatoms. The molecule has 0 fully saturated rings. The fourth-order valence-electron chi connectivity index (χ4n) is 1.35. The minimum atomic E-state index is -8.09. The van der Waals surface area contributed by atoms with Crippen molar-refractivity contribution in [3.8, 4) is 0 Å². The van der Waals surface area contributed by atoms with E-state index in [1.807, 2.05) is 0 Å². The molecular formula is C10H2F18. The third-order valence-corrected chi connectivity index (χ3v) is 2.91. The maximum atomic E-state index is 13.1. The predicted molar refractivity (Wildman–Crippen MR) is 50.9 cm³/mol. The summed E-state index contributed by atoms with van der Waals surface area (Å²) in [6.07, 6.45) is -27.8. The highest BCUT2D eigenvalue weighted by Gasteiger charge is 2.89. The minimum Gasteiger partial charge on any atom is -0.216 e. The molecule has 0 rings (SSSR count). The van der Waals surface area contributed by atoms with E-state index in [1.165, 1.54) is 0 Å². The Morgan fingerprint density at radius 2 is 0.571 bits per heavy atom. The fourth-order valence-corrected chi connectivity index (χ4v) is 1.35. The summed E-state index contributed by atoms with van der Waals surface area (Å²) in [4.78, 5) is 0. The lowest BCUT2D eigenvalue weighted by atomic mass is 9.90. The number of alkyl halides is 18. The van der Waals surface area contributed by atoms with Crippen molar-refractivity contribution in [1.29, 1.82) is 0 Å². The second-order valence-electron chi connectivity index (χ2n) is 4.88. The molecule has 0 atom stereocenters. The molecular weight excluding hydrogens is 462 g/mol. The first kappa shape index (κ1) is 26.5. The van der Waals surface area contributed by atoms with Crippen molar-refractivity contribution in [2.45, 2.75) is 47.9 Å². The Kier molecular flexibility index (Phi) is 6.14.